The van der Waals surface area contributed by atoms with Gasteiger partial charge in [0.05, 0.1) is 10.6 Å². The van der Waals surface area contributed by atoms with Crippen LogP contribution in [0.4, 0.5) is 10.9 Å². The van der Waals surface area contributed by atoms with E-state index in [2.05, 4.69) is 31.2 Å². The van der Waals surface area contributed by atoms with Crippen LogP contribution >= 0.6 is 27.3 Å². The van der Waals surface area contributed by atoms with Crippen molar-refractivity contribution in [2.45, 2.75) is 13.8 Å². The van der Waals surface area contributed by atoms with E-state index in [1.807, 2.05) is 25.1 Å². The Kier molecular flexibility index (Phi) is 3.54. The predicted octanol–water partition coefficient (Wildman–Crippen LogP) is 3.56. The fourth-order valence-corrected chi connectivity index (χ4v) is 2.58. The van der Waals surface area contributed by atoms with Crippen LogP contribution in [0.2, 0.25) is 0 Å². The molecule has 2 rings (SSSR count). The van der Waals surface area contributed by atoms with E-state index in [-0.39, 0.29) is 5.78 Å². The Morgan fingerprint density at radius 3 is 2.76 bits per heavy atom. The van der Waals surface area contributed by atoms with Gasteiger partial charge < -0.3 is 5.32 Å². The van der Waals surface area contributed by atoms with Gasteiger partial charge in [-0.3, -0.25) is 4.79 Å². The molecule has 0 bridgehead atoms. The number of halogens is 1. The standard InChI is InChI=1S/C11H10BrN3OS/c1-6-10(7(2)16)17-11(13-6)15-9-5-3-4-8(12)14-9/h3-5H,1-2H3,(H,13,14,15). The Bertz CT molecular complexity index is 568. The number of carbonyl (C=O) groups is 1. The van der Waals surface area contributed by atoms with E-state index in [0.717, 1.165) is 10.3 Å². The molecule has 2 heterocycles. The van der Waals surface area contributed by atoms with Crippen molar-refractivity contribution in [1.82, 2.24) is 9.97 Å². The first-order chi connectivity index (χ1) is 8.06. The topological polar surface area (TPSA) is 54.9 Å². The number of hydrogen-bond acceptors (Lipinski definition) is 5. The van der Waals surface area contributed by atoms with Crippen LogP contribution in [-0.4, -0.2) is 15.8 Å². The van der Waals surface area contributed by atoms with Crippen LogP contribution in [-0.2, 0) is 0 Å². The van der Waals surface area contributed by atoms with E-state index in [0.29, 0.717) is 15.8 Å². The number of hydrogen-bond donors (Lipinski definition) is 1. The number of carbonyl (C=O) groups excluding carboxylic acids is 1. The second-order valence-electron chi connectivity index (χ2n) is 3.46. The summed E-state index contributed by atoms with van der Waals surface area (Å²) in [4.78, 5) is 20.5. The molecule has 2 aromatic rings. The number of rotatable bonds is 3. The van der Waals surface area contributed by atoms with Gasteiger partial charge in [-0.25, -0.2) is 9.97 Å². The second-order valence-corrected chi connectivity index (χ2v) is 5.27. The van der Waals surface area contributed by atoms with Crippen LogP contribution in [0.5, 0.6) is 0 Å². The Morgan fingerprint density at radius 2 is 2.18 bits per heavy atom. The van der Waals surface area contributed by atoms with Crippen LogP contribution in [0.25, 0.3) is 0 Å². The molecule has 88 valence electrons. The minimum Gasteiger partial charge on any atom is -0.316 e. The molecular formula is C11H10BrN3OS. The number of pyridine rings is 1. The number of thiazole rings is 1. The average molecular weight is 312 g/mol. The summed E-state index contributed by atoms with van der Waals surface area (Å²) in [5.41, 5.74) is 0.750. The first-order valence-corrected chi connectivity index (χ1v) is 6.55. The number of nitrogens with one attached hydrogen (secondary N) is 1. The summed E-state index contributed by atoms with van der Waals surface area (Å²) in [7, 11) is 0. The van der Waals surface area contributed by atoms with Gasteiger partial charge in [-0.1, -0.05) is 17.4 Å². The average Bonchev–Trinajstić information content (AvgIpc) is 2.59. The highest BCUT2D eigenvalue weighted by molar-refractivity contribution is 9.10. The molecule has 0 saturated heterocycles. The van der Waals surface area contributed by atoms with Crippen LogP contribution in [0.1, 0.15) is 22.3 Å². The number of ketones is 1. The highest BCUT2D eigenvalue weighted by atomic mass is 79.9. The number of aromatic nitrogens is 2. The van der Waals surface area contributed by atoms with Gasteiger partial charge in [0.15, 0.2) is 10.9 Å². The van der Waals surface area contributed by atoms with Crippen molar-refractivity contribution in [2.24, 2.45) is 0 Å². The number of aryl methyl sites for hydroxylation is 1. The largest absolute Gasteiger partial charge is 0.316 e. The highest BCUT2D eigenvalue weighted by Crippen LogP contribution is 2.25. The van der Waals surface area contributed by atoms with E-state index in [1.54, 1.807) is 6.92 Å². The second kappa shape index (κ2) is 4.93. The van der Waals surface area contributed by atoms with Crippen molar-refractivity contribution in [3.05, 3.63) is 33.4 Å². The maximum Gasteiger partial charge on any atom is 0.189 e. The first-order valence-electron chi connectivity index (χ1n) is 4.94. The summed E-state index contributed by atoms with van der Waals surface area (Å²) in [5.74, 6) is 0.735. The van der Waals surface area contributed by atoms with Gasteiger partial charge in [0.2, 0.25) is 0 Å². The molecule has 17 heavy (non-hydrogen) atoms. The first kappa shape index (κ1) is 12.2. The molecule has 1 N–H and O–H groups in total. The zero-order valence-corrected chi connectivity index (χ0v) is 11.7. The minimum absolute atomic E-state index is 0.0373. The van der Waals surface area contributed by atoms with E-state index in [1.165, 1.54) is 11.3 Å². The Hall–Kier alpha value is -1.27. The van der Waals surface area contributed by atoms with Gasteiger partial charge in [0.25, 0.3) is 0 Å². The number of anilines is 2. The van der Waals surface area contributed by atoms with Crippen molar-refractivity contribution < 1.29 is 4.79 Å². The van der Waals surface area contributed by atoms with E-state index in [4.69, 9.17) is 0 Å². The quantitative estimate of drug-likeness (QED) is 0.695. The summed E-state index contributed by atoms with van der Waals surface area (Å²) < 4.78 is 0.752. The number of Topliss-reactive ketones (excluding diaryl/α,β-unsaturated/α-hetero) is 1. The molecule has 0 aliphatic heterocycles. The molecule has 4 nitrogen and oxygen atoms in total. The molecule has 0 aromatic carbocycles. The lowest BCUT2D eigenvalue weighted by molar-refractivity contribution is 0.102. The lowest BCUT2D eigenvalue weighted by Crippen LogP contribution is -1.92. The molecule has 0 unspecified atom stereocenters. The molecule has 2 aromatic heterocycles. The van der Waals surface area contributed by atoms with Gasteiger partial charge in [0.1, 0.15) is 10.4 Å². The third kappa shape index (κ3) is 2.89. The maximum atomic E-state index is 11.3. The van der Waals surface area contributed by atoms with Crippen molar-refractivity contribution in [1.29, 1.82) is 0 Å². The third-order valence-corrected chi connectivity index (χ3v) is 3.68. The molecule has 0 saturated carbocycles. The zero-order chi connectivity index (χ0) is 12.4. The molecule has 6 heteroatoms. The van der Waals surface area contributed by atoms with Crippen molar-refractivity contribution in [3.8, 4) is 0 Å². The molecule has 0 spiro atoms. The maximum absolute atomic E-state index is 11.3. The molecule has 0 amide bonds. The molecule has 0 fully saturated rings. The van der Waals surface area contributed by atoms with Crippen LogP contribution in [0, 0.1) is 6.92 Å². The Labute approximate surface area is 111 Å². The van der Waals surface area contributed by atoms with Gasteiger partial charge in [-0.15, -0.1) is 0 Å². The molecule has 0 atom stereocenters. The van der Waals surface area contributed by atoms with Crippen LogP contribution < -0.4 is 5.32 Å². The number of nitrogens with zero attached hydrogens (tertiary/aromatic N) is 2. The molecule has 0 aliphatic rings. The molecule has 0 radical (unpaired) electrons. The van der Waals surface area contributed by atoms with Crippen molar-refractivity contribution >= 4 is 44.0 Å². The van der Waals surface area contributed by atoms with E-state index < -0.39 is 0 Å². The Balaban J connectivity index is 2.25. The molecule has 0 aliphatic carbocycles. The van der Waals surface area contributed by atoms with Crippen LogP contribution in [0.15, 0.2) is 22.8 Å². The third-order valence-electron chi connectivity index (χ3n) is 2.07. The van der Waals surface area contributed by atoms with Gasteiger partial charge in [0, 0.05) is 6.92 Å². The monoisotopic (exact) mass is 311 g/mol. The van der Waals surface area contributed by atoms with Gasteiger partial charge in [-0.05, 0) is 35.0 Å². The Morgan fingerprint density at radius 1 is 1.41 bits per heavy atom. The zero-order valence-electron chi connectivity index (χ0n) is 9.32. The van der Waals surface area contributed by atoms with Gasteiger partial charge in [-0.2, -0.15) is 0 Å². The lowest BCUT2D eigenvalue weighted by Gasteiger charge is -2.00. The normalized spacial score (nSPS) is 10.3. The SMILES string of the molecule is CC(=O)c1sc(Nc2cccc(Br)n2)nc1C. The summed E-state index contributed by atoms with van der Waals surface area (Å²) in [6, 6.07) is 5.57. The summed E-state index contributed by atoms with van der Waals surface area (Å²) in [6.07, 6.45) is 0. The summed E-state index contributed by atoms with van der Waals surface area (Å²) in [5, 5.41) is 3.75. The summed E-state index contributed by atoms with van der Waals surface area (Å²) >= 11 is 4.64. The van der Waals surface area contributed by atoms with Gasteiger partial charge >= 0.3 is 0 Å². The summed E-state index contributed by atoms with van der Waals surface area (Å²) in [6.45, 7) is 3.37. The lowest BCUT2D eigenvalue weighted by atomic mass is 10.3. The minimum atomic E-state index is 0.0373. The van der Waals surface area contributed by atoms with Crippen molar-refractivity contribution in [3.63, 3.8) is 0 Å². The van der Waals surface area contributed by atoms with E-state index >= 15 is 0 Å². The molecular weight excluding hydrogens is 302 g/mol. The predicted molar refractivity (Wildman–Crippen MR) is 72.1 cm³/mol. The smallest absolute Gasteiger partial charge is 0.189 e. The highest BCUT2D eigenvalue weighted by Gasteiger charge is 2.11. The van der Waals surface area contributed by atoms with Crippen molar-refractivity contribution in [2.75, 3.05) is 5.32 Å². The fraction of sp³-hybridized carbons (Fsp3) is 0.182. The van der Waals surface area contributed by atoms with Crippen LogP contribution in [0.3, 0.4) is 0 Å². The van der Waals surface area contributed by atoms with E-state index in [9.17, 15) is 4.79 Å². The fourth-order valence-electron chi connectivity index (χ4n) is 1.36.